The Labute approximate surface area is 278 Å². The Hall–Kier alpha value is -4.57. The highest BCUT2D eigenvalue weighted by Crippen LogP contribution is 2.47. The van der Waals surface area contributed by atoms with Crippen LogP contribution in [0.4, 0.5) is 11.4 Å². The number of thiazole rings is 1. The molecular formula is C36H28ClN3O4S2. The Balaban J connectivity index is 1.45. The molecule has 0 bridgehead atoms. The van der Waals surface area contributed by atoms with Crippen LogP contribution in [0.5, 0.6) is 5.75 Å². The number of carbonyl (C=O) groups is 1. The van der Waals surface area contributed by atoms with Crippen LogP contribution in [0, 0.1) is 0 Å². The molecule has 2 aliphatic heterocycles. The van der Waals surface area contributed by atoms with E-state index in [4.69, 9.17) is 26.1 Å². The molecule has 0 saturated carbocycles. The molecule has 0 saturated heterocycles. The molecule has 4 aromatic carbocycles. The lowest BCUT2D eigenvalue weighted by Crippen LogP contribution is -2.40. The Morgan fingerprint density at radius 3 is 2.52 bits per heavy atom. The van der Waals surface area contributed by atoms with E-state index < -0.39 is 12.0 Å². The molecule has 0 N–H and O–H groups in total. The van der Waals surface area contributed by atoms with Crippen LogP contribution in [-0.2, 0) is 9.53 Å². The van der Waals surface area contributed by atoms with Crippen LogP contribution in [-0.4, -0.2) is 31.3 Å². The molecule has 0 unspecified atom stereocenters. The third-order valence-corrected chi connectivity index (χ3v) is 10.3. The average molecular weight is 666 g/mol. The van der Waals surface area contributed by atoms with Gasteiger partial charge in [-0.15, -0.1) is 0 Å². The van der Waals surface area contributed by atoms with Gasteiger partial charge in [0.25, 0.3) is 5.56 Å². The minimum atomic E-state index is -0.898. The monoisotopic (exact) mass is 665 g/mol. The molecule has 7 rings (SSSR count). The number of nitrogens with zero attached hydrogens (tertiary/aromatic N) is 3. The number of methoxy groups -OCH3 is 1. The Bertz CT molecular complexity index is 2230. The van der Waals surface area contributed by atoms with E-state index >= 15 is 0 Å². The average Bonchev–Trinajstić information content (AvgIpc) is 3.38. The maximum Gasteiger partial charge on any atom is 0.338 e. The van der Waals surface area contributed by atoms with E-state index in [1.54, 1.807) is 48.6 Å². The number of carbonyl (C=O) groups excluding carboxylic acids is 1. The van der Waals surface area contributed by atoms with Crippen molar-refractivity contribution in [2.45, 2.75) is 22.8 Å². The highest BCUT2D eigenvalue weighted by atomic mass is 35.5. The summed E-state index contributed by atoms with van der Waals surface area (Å²) in [5.41, 5.74) is 4.81. The summed E-state index contributed by atoms with van der Waals surface area (Å²) < 4.78 is 13.4. The molecule has 230 valence electrons. The van der Waals surface area contributed by atoms with Gasteiger partial charge in [-0.3, -0.25) is 9.36 Å². The Kier molecular flexibility index (Phi) is 8.06. The zero-order valence-electron chi connectivity index (χ0n) is 25.2. The van der Waals surface area contributed by atoms with Crippen molar-refractivity contribution in [1.29, 1.82) is 0 Å². The van der Waals surface area contributed by atoms with E-state index in [-0.39, 0.29) is 17.7 Å². The van der Waals surface area contributed by atoms with Crippen LogP contribution < -0.4 is 24.5 Å². The van der Waals surface area contributed by atoms with Gasteiger partial charge < -0.3 is 14.4 Å². The Morgan fingerprint density at radius 1 is 0.978 bits per heavy atom. The van der Waals surface area contributed by atoms with E-state index in [1.165, 1.54) is 16.2 Å². The fourth-order valence-electron chi connectivity index (χ4n) is 5.85. The molecule has 2 aliphatic rings. The number of rotatable bonds is 6. The van der Waals surface area contributed by atoms with Crippen molar-refractivity contribution >= 4 is 63.8 Å². The zero-order chi connectivity index (χ0) is 31.9. The molecule has 3 heterocycles. The maximum absolute atomic E-state index is 14.4. The van der Waals surface area contributed by atoms with Crippen LogP contribution >= 0.6 is 34.7 Å². The minimum absolute atomic E-state index is 0.157. The van der Waals surface area contributed by atoms with Gasteiger partial charge in [-0.05, 0) is 61.0 Å². The first-order valence-corrected chi connectivity index (χ1v) is 16.7. The summed E-state index contributed by atoms with van der Waals surface area (Å²) >= 11 is 9.49. The first kappa shape index (κ1) is 30.1. The predicted molar refractivity (Wildman–Crippen MR) is 184 cm³/mol. The second-order valence-electron chi connectivity index (χ2n) is 10.7. The molecule has 0 radical (unpaired) electrons. The maximum atomic E-state index is 14.4. The van der Waals surface area contributed by atoms with Crippen LogP contribution in [0.25, 0.3) is 11.8 Å². The summed E-state index contributed by atoms with van der Waals surface area (Å²) in [5.74, 6) is -0.0845. The lowest BCUT2D eigenvalue weighted by molar-refractivity contribution is -0.138. The molecule has 0 aliphatic carbocycles. The minimum Gasteiger partial charge on any atom is -0.496 e. The number of ether oxygens (including phenoxy) is 2. The van der Waals surface area contributed by atoms with Gasteiger partial charge >= 0.3 is 5.97 Å². The van der Waals surface area contributed by atoms with E-state index in [1.807, 2.05) is 54.6 Å². The van der Waals surface area contributed by atoms with Gasteiger partial charge in [-0.2, -0.15) is 0 Å². The number of aromatic nitrogens is 1. The van der Waals surface area contributed by atoms with Crippen molar-refractivity contribution in [3.8, 4) is 5.75 Å². The molecule has 1 atom stereocenters. The summed E-state index contributed by atoms with van der Waals surface area (Å²) in [4.78, 5) is 38.0. The third kappa shape index (κ3) is 5.24. The standard InChI is InChI=1S/C36H28ClN3O4S2/c1-4-44-35(42)31-32(22-10-6-5-7-11-22)38-36-40(33(31)24-20-23(37)15-17-27(24)43-3)34(41)30(46-36)19-21-14-16-26-29(18-21)45-28-13-9-8-12-25(28)39(26)2/h5-20,33H,4H2,1-3H3/b30-19-/t33-/m1/s1. The normalized spacial score (nSPS) is 15.5. The van der Waals surface area contributed by atoms with Gasteiger partial charge in [0, 0.05) is 33.0 Å². The zero-order valence-corrected chi connectivity index (χ0v) is 27.6. The second kappa shape index (κ2) is 12.3. The van der Waals surface area contributed by atoms with Crippen molar-refractivity contribution in [2.24, 2.45) is 4.99 Å². The first-order chi connectivity index (χ1) is 22.4. The smallest absolute Gasteiger partial charge is 0.338 e. The van der Waals surface area contributed by atoms with Gasteiger partial charge in [-0.25, -0.2) is 9.79 Å². The Morgan fingerprint density at radius 2 is 1.74 bits per heavy atom. The van der Waals surface area contributed by atoms with Gasteiger partial charge in [0.15, 0.2) is 4.80 Å². The summed E-state index contributed by atoms with van der Waals surface area (Å²) in [6.45, 7) is 1.91. The van der Waals surface area contributed by atoms with Gasteiger partial charge in [0.2, 0.25) is 0 Å². The second-order valence-corrected chi connectivity index (χ2v) is 13.2. The lowest BCUT2D eigenvalue weighted by Gasteiger charge is -2.29. The van der Waals surface area contributed by atoms with Gasteiger partial charge in [-0.1, -0.05) is 83.2 Å². The van der Waals surface area contributed by atoms with Crippen molar-refractivity contribution < 1.29 is 14.3 Å². The molecule has 0 amide bonds. The van der Waals surface area contributed by atoms with Crippen LogP contribution in [0.1, 0.15) is 29.7 Å². The number of anilines is 2. The van der Waals surface area contributed by atoms with E-state index in [9.17, 15) is 9.59 Å². The van der Waals surface area contributed by atoms with E-state index in [0.717, 1.165) is 27.4 Å². The number of hydrogen-bond donors (Lipinski definition) is 0. The van der Waals surface area contributed by atoms with E-state index in [2.05, 4.69) is 36.2 Å². The predicted octanol–water partition coefficient (Wildman–Crippen LogP) is 6.83. The number of halogens is 1. The number of esters is 1. The largest absolute Gasteiger partial charge is 0.496 e. The third-order valence-electron chi connectivity index (χ3n) is 7.95. The summed E-state index contributed by atoms with van der Waals surface area (Å²) in [6, 6.07) is 28.2. The molecule has 1 aromatic heterocycles. The number of para-hydroxylation sites is 1. The molecular weight excluding hydrogens is 638 g/mol. The molecule has 10 heteroatoms. The van der Waals surface area contributed by atoms with Crippen LogP contribution in [0.2, 0.25) is 5.02 Å². The van der Waals surface area contributed by atoms with Gasteiger partial charge in [0.05, 0.1) is 40.9 Å². The quantitative estimate of drug-likeness (QED) is 0.185. The number of hydrogen-bond acceptors (Lipinski definition) is 8. The van der Waals surface area contributed by atoms with Crippen molar-refractivity contribution in [3.05, 3.63) is 138 Å². The molecule has 7 nitrogen and oxygen atoms in total. The molecule has 0 spiro atoms. The van der Waals surface area contributed by atoms with Crippen molar-refractivity contribution in [1.82, 2.24) is 4.57 Å². The summed E-state index contributed by atoms with van der Waals surface area (Å²) in [5, 5.41) is 0.442. The molecule has 5 aromatic rings. The van der Waals surface area contributed by atoms with Crippen LogP contribution in [0.3, 0.4) is 0 Å². The summed E-state index contributed by atoms with van der Waals surface area (Å²) in [7, 11) is 3.61. The first-order valence-electron chi connectivity index (χ1n) is 14.6. The number of benzene rings is 4. The van der Waals surface area contributed by atoms with Crippen LogP contribution in [0.15, 0.2) is 116 Å². The number of fused-ring (bicyclic) bond motifs is 3. The topological polar surface area (TPSA) is 73.1 Å². The molecule has 0 fully saturated rings. The van der Waals surface area contributed by atoms with Gasteiger partial charge in [0.1, 0.15) is 11.8 Å². The SMILES string of the molecule is CCOC(=O)C1=C(c2ccccc2)N=c2s/c(=C\c3ccc4c(c3)Sc3ccccc3N4C)c(=O)n2[C@@H]1c1cc(Cl)ccc1OC. The van der Waals surface area contributed by atoms with Crippen molar-refractivity contribution in [3.63, 3.8) is 0 Å². The lowest BCUT2D eigenvalue weighted by atomic mass is 9.92. The van der Waals surface area contributed by atoms with E-state index in [0.29, 0.717) is 31.4 Å². The highest BCUT2D eigenvalue weighted by molar-refractivity contribution is 7.99. The summed E-state index contributed by atoms with van der Waals surface area (Å²) in [6.07, 6.45) is 1.88. The fraction of sp³-hybridized carbons (Fsp3) is 0.139. The van der Waals surface area contributed by atoms with Crippen molar-refractivity contribution in [2.75, 3.05) is 25.7 Å². The fourth-order valence-corrected chi connectivity index (χ4v) is 8.23. The molecule has 46 heavy (non-hydrogen) atoms. The highest BCUT2D eigenvalue weighted by Gasteiger charge is 2.37.